The highest BCUT2D eigenvalue weighted by Gasteiger charge is 2.47. The van der Waals surface area contributed by atoms with Crippen LogP contribution in [0.3, 0.4) is 0 Å². The lowest BCUT2D eigenvalue weighted by atomic mass is 9.98. The summed E-state index contributed by atoms with van der Waals surface area (Å²) in [6.07, 6.45) is 30.2. The van der Waals surface area contributed by atoms with Crippen molar-refractivity contribution in [1.82, 2.24) is 0 Å². The van der Waals surface area contributed by atoms with Gasteiger partial charge >= 0.3 is 5.97 Å². The zero-order valence-electron chi connectivity index (χ0n) is 41.4. The maximum atomic E-state index is 13.0. The normalized spacial score (nSPS) is 26.5. The van der Waals surface area contributed by atoms with Crippen molar-refractivity contribution in [3.05, 3.63) is 48.6 Å². The molecule has 11 unspecified atom stereocenters. The van der Waals surface area contributed by atoms with E-state index in [4.69, 9.17) is 28.4 Å². The third-order valence-corrected chi connectivity index (χ3v) is 12.4. The van der Waals surface area contributed by atoms with Crippen molar-refractivity contribution < 1.29 is 69.0 Å². The van der Waals surface area contributed by atoms with Crippen LogP contribution >= 0.6 is 0 Å². The number of hydrogen-bond donors (Lipinski definition) is 7. The first-order valence-corrected chi connectivity index (χ1v) is 26.2. The number of aliphatic hydroxyl groups excluding tert-OH is 7. The molecule has 0 bridgehead atoms. The van der Waals surface area contributed by atoms with Gasteiger partial charge in [0.05, 0.1) is 26.4 Å². The average Bonchev–Trinajstić information content (AvgIpc) is 3.32. The van der Waals surface area contributed by atoms with Gasteiger partial charge in [0.1, 0.15) is 54.9 Å². The lowest BCUT2D eigenvalue weighted by Crippen LogP contribution is -2.61. The van der Waals surface area contributed by atoms with Crippen LogP contribution in [0.25, 0.3) is 0 Å². The van der Waals surface area contributed by atoms with Gasteiger partial charge < -0.3 is 64.2 Å². The molecule has 11 atom stereocenters. The maximum absolute atomic E-state index is 13.0. The molecule has 2 saturated heterocycles. The third kappa shape index (κ3) is 28.4. The number of carbonyl (C=O) groups excluding carboxylic acids is 1. The van der Waals surface area contributed by atoms with E-state index in [1.54, 1.807) is 0 Å². The van der Waals surface area contributed by atoms with Crippen molar-refractivity contribution in [1.29, 1.82) is 0 Å². The molecule has 2 heterocycles. The van der Waals surface area contributed by atoms with Crippen LogP contribution in [0.1, 0.15) is 181 Å². The Morgan fingerprint density at radius 3 is 1.52 bits per heavy atom. The molecule has 0 aromatic rings. The van der Waals surface area contributed by atoms with Crippen molar-refractivity contribution >= 4 is 5.97 Å². The lowest BCUT2D eigenvalue weighted by Gasteiger charge is -2.42. The van der Waals surface area contributed by atoms with E-state index >= 15 is 0 Å². The van der Waals surface area contributed by atoms with Gasteiger partial charge in [-0.05, 0) is 51.4 Å². The molecule has 2 rings (SSSR count). The van der Waals surface area contributed by atoms with Crippen LogP contribution in [0, 0.1) is 0 Å². The van der Waals surface area contributed by atoms with Crippen LogP contribution in [-0.4, -0.2) is 142 Å². The minimum absolute atomic E-state index is 0.0497. The van der Waals surface area contributed by atoms with Gasteiger partial charge in [0.2, 0.25) is 0 Å². The van der Waals surface area contributed by atoms with Gasteiger partial charge in [-0.1, -0.05) is 172 Å². The summed E-state index contributed by atoms with van der Waals surface area (Å²) in [6, 6.07) is 0. The molecule has 2 aliphatic rings. The molecule has 0 amide bonds. The van der Waals surface area contributed by atoms with Crippen molar-refractivity contribution in [2.45, 2.75) is 248 Å². The summed E-state index contributed by atoms with van der Waals surface area (Å²) in [5.74, 6) is -0.383. The van der Waals surface area contributed by atoms with Crippen molar-refractivity contribution in [3.8, 4) is 0 Å². The Morgan fingerprint density at radius 1 is 0.507 bits per heavy atom. The molecular weight excluding hydrogens is 861 g/mol. The first-order valence-electron chi connectivity index (χ1n) is 26.2. The van der Waals surface area contributed by atoms with E-state index in [2.05, 4.69) is 62.5 Å². The fraction of sp³-hybridized carbons (Fsp3) is 0.830. The van der Waals surface area contributed by atoms with E-state index in [1.807, 2.05) is 0 Å². The zero-order valence-corrected chi connectivity index (χ0v) is 41.4. The Balaban J connectivity index is 1.77. The van der Waals surface area contributed by atoms with Crippen molar-refractivity contribution in [2.75, 3.05) is 33.0 Å². The Bertz CT molecular complexity index is 1290. The second-order valence-corrected chi connectivity index (χ2v) is 18.3. The number of esters is 1. The second-order valence-electron chi connectivity index (χ2n) is 18.3. The molecule has 14 nitrogen and oxygen atoms in total. The Labute approximate surface area is 403 Å². The molecule has 2 fully saturated rings. The highest BCUT2D eigenvalue weighted by atomic mass is 16.7. The van der Waals surface area contributed by atoms with E-state index in [9.17, 15) is 40.5 Å². The van der Waals surface area contributed by atoms with Gasteiger partial charge in [0.25, 0.3) is 0 Å². The maximum Gasteiger partial charge on any atom is 0.306 e. The molecule has 67 heavy (non-hydrogen) atoms. The summed E-state index contributed by atoms with van der Waals surface area (Å²) in [5, 5.41) is 72.1. The van der Waals surface area contributed by atoms with Gasteiger partial charge in [-0.15, -0.1) is 0 Å². The summed E-state index contributed by atoms with van der Waals surface area (Å²) < 4.78 is 34.3. The Morgan fingerprint density at radius 2 is 0.970 bits per heavy atom. The topological polar surface area (TPSA) is 214 Å². The van der Waals surface area contributed by atoms with E-state index < -0.39 is 80.7 Å². The molecule has 14 heteroatoms. The molecule has 2 aliphatic heterocycles. The molecule has 0 aromatic heterocycles. The number of allylic oxidation sites excluding steroid dienone is 8. The summed E-state index contributed by atoms with van der Waals surface area (Å²) in [7, 11) is 0. The molecular formula is C53H94O14. The summed E-state index contributed by atoms with van der Waals surface area (Å²) in [4.78, 5) is 13.0. The Hall–Kier alpha value is -2.05. The largest absolute Gasteiger partial charge is 0.457 e. The minimum atomic E-state index is -1.71. The molecule has 0 spiro atoms. The third-order valence-electron chi connectivity index (χ3n) is 12.4. The van der Waals surface area contributed by atoms with Crippen LogP contribution in [0.2, 0.25) is 0 Å². The highest BCUT2D eigenvalue weighted by Crippen LogP contribution is 2.26. The molecule has 7 N–H and O–H groups in total. The monoisotopic (exact) mass is 955 g/mol. The van der Waals surface area contributed by atoms with Crippen LogP contribution < -0.4 is 0 Å². The molecule has 0 aliphatic carbocycles. The fourth-order valence-electron chi connectivity index (χ4n) is 8.10. The number of rotatable bonds is 41. The SMILES string of the molecule is CC/C=C\C/C=C\C/C=C\C/C=C\CCCCCCCOCC(COC1OC(COC2OC(CO)C(O)C(O)C2O)C(O)C(O)C1O)OC(=O)CCCCCCCCCCCCCCCCC. The number of ether oxygens (including phenoxy) is 6. The molecule has 0 aromatic carbocycles. The summed E-state index contributed by atoms with van der Waals surface area (Å²) >= 11 is 0. The molecule has 390 valence electrons. The van der Waals surface area contributed by atoms with Crippen LogP contribution in [0.5, 0.6) is 0 Å². The van der Waals surface area contributed by atoms with E-state index in [0.717, 1.165) is 83.5 Å². The van der Waals surface area contributed by atoms with E-state index in [-0.39, 0.29) is 25.6 Å². The minimum Gasteiger partial charge on any atom is -0.457 e. The first-order chi connectivity index (χ1) is 32.6. The van der Waals surface area contributed by atoms with Crippen LogP contribution in [0.4, 0.5) is 0 Å². The summed E-state index contributed by atoms with van der Waals surface area (Å²) in [6.45, 7) is 3.54. The Kier molecular flexibility index (Phi) is 37.1. The lowest BCUT2D eigenvalue weighted by molar-refractivity contribution is -0.332. The number of carbonyl (C=O) groups is 1. The van der Waals surface area contributed by atoms with Crippen LogP contribution in [-0.2, 0) is 33.2 Å². The molecule has 0 saturated carbocycles. The van der Waals surface area contributed by atoms with Gasteiger partial charge in [0.15, 0.2) is 12.6 Å². The van der Waals surface area contributed by atoms with Gasteiger partial charge in [-0.25, -0.2) is 0 Å². The quantitative estimate of drug-likeness (QED) is 0.0176. The average molecular weight is 955 g/mol. The van der Waals surface area contributed by atoms with E-state index in [1.165, 1.54) is 70.6 Å². The van der Waals surface area contributed by atoms with Gasteiger partial charge in [0, 0.05) is 13.0 Å². The smallest absolute Gasteiger partial charge is 0.306 e. The standard InChI is InChI=1S/C53H94O14/c1-3-5-7-9-11-13-15-17-19-20-21-23-25-27-29-31-33-35-37-62-39-42(65-45(55)36-34-32-30-28-26-24-22-18-16-14-12-10-8-6-4-2)40-63-52-51(61)49(59)47(57)44(67-52)41-64-53-50(60)48(58)46(56)43(38-54)66-53/h5,7,11,13,17,19,21,23,42-44,46-54,56-61H,3-4,6,8-10,12,14-16,18,20,22,24-41H2,1-2H3/b7-5-,13-11-,19-17-,23-21-. The van der Waals surface area contributed by atoms with Crippen molar-refractivity contribution in [3.63, 3.8) is 0 Å². The fourth-order valence-corrected chi connectivity index (χ4v) is 8.10. The van der Waals surface area contributed by atoms with Crippen LogP contribution in [0.15, 0.2) is 48.6 Å². The predicted molar refractivity (Wildman–Crippen MR) is 261 cm³/mol. The second kappa shape index (κ2) is 40.7. The zero-order chi connectivity index (χ0) is 48.7. The van der Waals surface area contributed by atoms with Gasteiger partial charge in [-0.3, -0.25) is 4.79 Å². The predicted octanol–water partition coefficient (Wildman–Crippen LogP) is 7.96. The number of unbranched alkanes of at least 4 members (excludes halogenated alkanes) is 19. The number of aliphatic hydroxyl groups is 7. The summed E-state index contributed by atoms with van der Waals surface area (Å²) in [5.41, 5.74) is 0. The molecule has 0 radical (unpaired) electrons. The first kappa shape index (κ1) is 61.1. The van der Waals surface area contributed by atoms with Crippen molar-refractivity contribution in [2.24, 2.45) is 0 Å². The van der Waals surface area contributed by atoms with E-state index in [0.29, 0.717) is 13.0 Å². The number of hydrogen-bond acceptors (Lipinski definition) is 14. The van der Waals surface area contributed by atoms with Gasteiger partial charge in [-0.2, -0.15) is 0 Å². The highest BCUT2D eigenvalue weighted by molar-refractivity contribution is 5.69.